The third-order valence-corrected chi connectivity index (χ3v) is 4.79. The zero-order valence-corrected chi connectivity index (χ0v) is 15.2. The second-order valence-electron chi connectivity index (χ2n) is 6.73. The maximum atomic E-state index is 12.5. The third-order valence-electron chi connectivity index (χ3n) is 4.79. The maximum Gasteiger partial charge on any atom is 0.251 e. The van der Waals surface area contributed by atoms with Crippen molar-refractivity contribution >= 4 is 11.7 Å². The van der Waals surface area contributed by atoms with E-state index in [1.54, 1.807) is 0 Å². The van der Waals surface area contributed by atoms with E-state index in [2.05, 4.69) is 5.32 Å². The van der Waals surface area contributed by atoms with Crippen LogP contribution in [0.15, 0.2) is 48.5 Å². The Bertz CT molecular complexity index is 761. The van der Waals surface area contributed by atoms with Crippen molar-refractivity contribution < 1.29 is 14.3 Å². The van der Waals surface area contributed by atoms with Crippen molar-refractivity contribution in [1.29, 1.82) is 0 Å². The summed E-state index contributed by atoms with van der Waals surface area (Å²) in [6.45, 7) is 4.06. The fourth-order valence-corrected chi connectivity index (χ4v) is 3.20. The summed E-state index contributed by atoms with van der Waals surface area (Å²) in [5.74, 6) is 0.478. The Labute approximate surface area is 154 Å². The van der Waals surface area contributed by atoms with Gasteiger partial charge in [0.2, 0.25) is 0 Å². The fourth-order valence-electron chi connectivity index (χ4n) is 3.20. The Morgan fingerprint density at radius 1 is 1.08 bits per heavy atom. The maximum absolute atomic E-state index is 12.5. The average molecular weight is 351 g/mol. The highest BCUT2D eigenvalue weighted by molar-refractivity contribution is 5.97. The molecule has 2 aromatic rings. The molecule has 1 fully saturated rings. The van der Waals surface area contributed by atoms with Gasteiger partial charge in [0.25, 0.3) is 5.91 Å². The summed E-state index contributed by atoms with van der Waals surface area (Å²) in [5, 5.41) is 3.02. The Morgan fingerprint density at radius 2 is 1.88 bits per heavy atom. The molecular formula is C22H25NO3. The monoisotopic (exact) mass is 351 g/mol. The van der Waals surface area contributed by atoms with Crippen LogP contribution in [-0.2, 0) is 4.74 Å². The number of benzene rings is 2. The highest BCUT2D eigenvalue weighted by Crippen LogP contribution is 2.22. The van der Waals surface area contributed by atoms with Crippen LogP contribution in [-0.4, -0.2) is 31.4 Å². The molecule has 4 heteroatoms. The lowest BCUT2D eigenvalue weighted by Crippen LogP contribution is -2.33. The van der Waals surface area contributed by atoms with Crippen LogP contribution in [0.1, 0.15) is 46.9 Å². The molecule has 2 aromatic carbocycles. The van der Waals surface area contributed by atoms with Gasteiger partial charge >= 0.3 is 0 Å². The zero-order chi connectivity index (χ0) is 18.4. The average Bonchev–Trinajstić information content (AvgIpc) is 2.72. The molecule has 1 heterocycles. The Balaban J connectivity index is 1.67. The fraction of sp³-hybridized carbons (Fsp3) is 0.364. The van der Waals surface area contributed by atoms with Gasteiger partial charge in [0.1, 0.15) is 0 Å². The predicted octanol–water partition coefficient (Wildman–Crippen LogP) is 4.10. The molecule has 0 radical (unpaired) electrons. The van der Waals surface area contributed by atoms with Crippen LogP contribution < -0.4 is 5.32 Å². The van der Waals surface area contributed by atoms with E-state index in [9.17, 15) is 9.59 Å². The molecule has 3 rings (SSSR count). The molecule has 136 valence electrons. The minimum Gasteiger partial charge on any atom is -0.381 e. The summed E-state index contributed by atoms with van der Waals surface area (Å²) in [6, 6.07) is 15.1. The molecule has 1 saturated heterocycles. The standard InChI is InChI=1S/C22H25NO3/c1-2-21(24)18-10-8-17(9-11-18)19-6-3-7-20(13-19)22(25)23-14-16-5-4-12-26-15-16/h3,6-11,13,16H,2,4-5,12,14-15H2,1H3,(H,23,25). The Hall–Kier alpha value is -2.46. The van der Waals surface area contributed by atoms with E-state index < -0.39 is 0 Å². The smallest absolute Gasteiger partial charge is 0.251 e. The molecule has 1 unspecified atom stereocenters. The number of ketones is 1. The van der Waals surface area contributed by atoms with E-state index >= 15 is 0 Å². The van der Waals surface area contributed by atoms with E-state index in [0.29, 0.717) is 24.4 Å². The van der Waals surface area contributed by atoms with Gasteiger partial charge in [-0.25, -0.2) is 0 Å². The first kappa shape index (κ1) is 18.3. The van der Waals surface area contributed by atoms with Crippen LogP contribution in [0.3, 0.4) is 0 Å². The molecule has 0 spiro atoms. The first-order valence-electron chi connectivity index (χ1n) is 9.27. The SMILES string of the molecule is CCC(=O)c1ccc(-c2cccc(C(=O)NCC3CCCOC3)c2)cc1. The number of carbonyl (C=O) groups is 2. The molecular weight excluding hydrogens is 326 g/mol. The van der Waals surface area contributed by atoms with Crippen molar-refractivity contribution in [2.45, 2.75) is 26.2 Å². The van der Waals surface area contributed by atoms with Crippen LogP contribution in [0, 0.1) is 5.92 Å². The number of hydrogen-bond donors (Lipinski definition) is 1. The molecule has 0 bridgehead atoms. The normalized spacial score (nSPS) is 16.9. The molecule has 4 nitrogen and oxygen atoms in total. The molecule has 1 atom stereocenters. The molecule has 1 N–H and O–H groups in total. The second kappa shape index (κ2) is 8.77. The number of amides is 1. The predicted molar refractivity (Wildman–Crippen MR) is 102 cm³/mol. The lowest BCUT2D eigenvalue weighted by molar-refractivity contribution is 0.0536. The summed E-state index contributed by atoms with van der Waals surface area (Å²) < 4.78 is 5.46. The lowest BCUT2D eigenvalue weighted by Gasteiger charge is -2.22. The van der Waals surface area contributed by atoms with Gasteiger partial charge in [-0.1, -0.05) is 43.3 Å². The van der Waals surface area contributed by atoms with Crippen molar-refractivity contribution in [1.82, 2.24) is 5.32 Å². The van der Waals surface area contributed by atoms with Crippen LogP contribution in [0.2, 0.25) is 0 Å². The summed E-state index contributed by atoms with van der Waals surface area (Å²) in [6.07, 6.45) is 2.66. The number of Topliss-reactive ketones (excluding diaryl/α,β-unsaturated/α-hetero) is 1. The van der Waals surface area contributed by atoms with E-state index in [0.717, 1.165) is 42.7 Å². The van der Waals surface area contributed by atoms with Gasteiger partial charge < -0.3 is 10.1 Å². The van der Waals surface area contributed by atoms with Gasteiger partial charge in [0.15, 0.2) is 5.78 Å². The van der Waals surface area contributed by atoms with Crippen LogP contribution in [0.5, 0.6) is 0 Å². The van der Waals surface area contributed by atoms with E-state index in [1.165, 1.54) is 0 Å². The van der Waals surface area contributed by atoms with Crippen LogP contribution in [0.25, 0.3) is 11.1 Å². The van der Waals surface area contributed by atoms with Gasteiger partial charge in [0, 0.05) is 30.7 Å². The number of nitrogens with one attached hydrogen (secondary N) is 1. The third kappa shape index (κ3) is 4.58. The number of rotatable bonds is 6. The minimum atomic E-state index is -0.0600. The zero-order valence-electron chi connectivity index (χ0n) is 15.2. The summed E-state index contributed by atoms with van der Waals surface area (Å²) in [4.78, 5) is 24.2. The van der Waals surface area contributed by atoms with Gasteiger partial charge in [-0.2, -0.15) is 0 Å². The second-order valence-corrected chi connectivity index (χ2v) is 6.73. The number of carbonyl (C=O) groups excluding carboxylic acids is 2. The molecule has 26 heavy (non-hydrogen) atoms. The van der Waals surface area contributed by atoms with E-state index in [1.807, 2.05) is 55.5 Å². The van der Waals surface area contributed by atoms with E-state index in [4.69, 9.17) is 4.74 Å². The highest BCUT2D eigenvalue weighted by Gasteiger charge is 2.15. The summed E-state index contributed by atoms with van der Waals surface area (Å²) in [7, 11) is 0. The molecule has 1 aliphatic rings. The number of hydrogen-bond acceptors (Lipinski definition) is 3. The first-order valence-corrected chi connectivity index (χ1v) is 9.27. The van der Waals surface area contributed by atoms with Crippen molar-refractivity contribution in [2.24, 2.45) is 5.92 Å². The van der Waals surface area contributed by atoms with Crippen LogP contribution in [0.4, 0.5) is 0 Å². The van der Waals surface area contributed by atoms with Crippen molar-refractivity contribution in [2.75, 3.05) is 19.8 Å². The lowest BCUT2D eigenvalue weighted by atomic mass is 9.99. The minimum absolute atomic E-state index is 0.0600. The molecule has 0 saturated carbocycles. The Kier molecular flexibility index (Phi) is 6.18. The van der Waals surface area contributed by atoms with Gasteiger partial charge in [0.05, 0.1) is 6.61 Å². The largest absolute Gasteiger partial charge is 0.381 e. The summed E-state index contributed by atoms with van der Waals surface area (Å²) >= 11 is 0. The van der Waals surface area contributed by atoms with Gasteiger partial charge in [-0.3, -0.25) is 9.59 Å². The molecule has 0 aliphatic carbocycles. The van der Waals surface area contributed by atoms with Gasteiger partial charge in [-0.05, 0) is 42.0 Å². The quantitative estimate of drug-likeness (QED) is 0.797. The van der Waals surface area contributed by atoms with Crippen molar-refractivity contribution in [3.05, 3.63) is 59.7 Å². The molecule has 1 amide bonds. The van der Waals surface area contributed by atoms with Crippen molar-refractivity contribution in [3.63, 3.8) is 0 Å². The number of ether oxygens (including phenoxy) is 1. The van der Waals surface area contributed by atoms with E-state index in [-0.39, 0.29) is 11.7 Å². The van der Waals surface area contributed by atoms with Crippen molar-refractivity contribution in [3.8, 4) is 11.1 Å². The van der Waals surface area contributed by atoms with Crippen LogP contribution >= 0.6 is 0 Å². The summed E-state index contributed by atoms with van der Waals surface area (Å²) in [5.41, 5.74) is 3.33. The Morgan fingerprint density at radius 3 is 2.58 bits per heavy atom. The topological polar surface area (TPSA) is 55.4 Å². The first-order chi connectivity index (χ1) is 12.7. The highest BCUT2D eigenvalue weighted by atomic mass is 16.5. The molecule has 1 aliphatic heterocycles. The molecule has 0 aromatic heterocycles. The van der Waals surface area contributed by atoms with Gasteiger partial charge in [-0.15, -0.1) is 0 Å².